The van der Waals surface area contributed by atoms with Gasteiger partial charge in [0.2, 0.25) is 5.91 Å². The van der Waals surface area contributed by atoms with Crippen molar-refractivity contribution in [2.24, 2.45) is 0 Å². The van der Waals surface area contributed by atoms with Crippen LogP contribution >= 0.6 is 15.9 Å². The molecule has 4 heteroatoms. The molecule has 0 bridgehead atoms. The van der Waals surface area contributed by atoms with Gasteiger partial charge in [0.05, 0.1) is 18.7 Å². The Labute approximate surface area is 104 Å². The van der Waals surface area contributed by atoms with Crippen molar-refractivity contribution in [3.63, 3.8) is 0 Å². The Hall–Kier alpha value is -0.870. The lowest BCUT2D eigenvalue weighted by molar-refractivity contribution is -0.117. The smallest absolute Gasteiger partial charge is 0.226 e. The van der Waals surface area contributed by atoms with Crippen LogP contribution in [0.5, 0.6) is 0 Å². The standard InChI is InChI=1S/C12H16BrNO2/c1-2-8-16-9-7-12(15)14-11-6-4-3-5-10(11)13/h3-6H,2,7-9H2,1H3,(H,14,15). The average molecular weight is 286 g/mol. The van der Waals surface area contributed by atoms with E-state index in [0.717, 1.165) is 16.6 Å². The van der Waals surface area contributed by atoms with E-state index in [0.29, 0.717) is 19.6 Å². The summed E-state index contributed by atoms with van der Waals surface area (Å²) in [7, 11) is 0. The summed E-state index contributed by atoms with van der Waals surface area (Å²) in [5.74, 6) is -0.0250. The van der Waals surface area contributed by atoms with E-state index in [1.54, 1.807) is 0 Å². The Bertz CT molecular complexity index is 342. The molecule has 1 amide bonds. The molecule has 0 aromatic heterocycles. The Morgan fingerprint density at radius 2 is 2.12 bits per heavy atom. The van der Waals surface area contributed by atoms with E-state index >= 15 is 0 Å². The van der Waals surface area contributed by atoms with E-state index in [4.69, 9.17) is 4.74 Å². The maximum absolute atomic E-state index is 11.5. The Kier molecular flexibility index (Phi) is 6.11. The van der Waals surface area contributed by atoms with Crippen molar-refractivity contribution in [2.45, 2.75) is 19.8 Å². The van der Waals surface area contributed by atoms with Crippen LogP contribution in [0.1, 0.15) is 19.8 Å². The molecular weight excluding hydrogens is 270 g/mol. The molecule has 0 aliphatic rings. The lowest BCUT2D eigenvalue weighted by Gasteiger charge is -2.07. The molecule has 0 spiro atoms. The number of carbonyl (C=O) groups excluding carboxylic acids is 1. The fraction of sp³-hybridized carbons (Fsp3) is 0.417. The molecule has 1 N–H and O–H groups in total. The second-order valence-corrected chi connectivity index (χ2v) is 4.24. The van der Waals surface area contributed by atoms with E-state index < -0.39 is 0 Å². The molecule has 16 heavy (non-hydrogen) atoms. The number of carbonyl (C=O) groups is 1. The monoisotopic (exact) mass is 285 g/mol. The number of para-hydroxylation sites is 1. The van der Waals surface area contributed by atoms with Gasteiger partial charge >= 0.3 is 0 Å². The molecule has 0 saturated carbocycles. The largest absolute Gasteiger partial charge is 0.381 e. The second kappa shape index (κ2) is 7.41. The molecule has 0 heterocycles. The first kappa shape index (κ1) is 13.2. The van der Waals surface area contributed by atoms with Crippen LogP contribution in [0, 0.1) is 0 Å². The molecule has 0 aliphatic heterocycles. The van der Waals surface area contributed by atoms with Gasteiger partial charge in [-0.25, -0.2) is 0 Å². The van der Waals surface area contributed by atoms with Gasteiger partial charge in [-0.2, -0.15) is 0 Å². The quantitative estimate of drug-likeness (QED) is 0.815. The van der Waals surface area contributed by atoms with Crippen molar-refractivity contribution in [2.75, 3.05) is 18.5 Å². The zero-order chi connectivity index (χ0) is 11.8. The first-order valence-electron chi connectivity index (χ1n) is 5.36. The third kappa shape index (κ3) is 4.77. The van der Waals surface area contributed by atoms with Crippen LogP contribution in [-0.2, 0) is 9.53 Å². The summed E-state index contributed by atoms with van der Waals surface area (Å²) in [6, 6.07) is 7.54. The van der Waals surface area contributed by atoms with Gasteiger partial charge in [-0.3, -0.25) is 4.79 Å². The minimum Gasteiger partial charge on any atom is -0.381 e. The highest BCUT2D eigenvalue weighted by molar-refractivity contribution is 9.10. The van der Waals surface area contributed by atoms with Gasteiger partial charge < -0.3 is 10.1 Å². The topological polar surface area (TPSA) is 38.3 Å². The van der Waals surface area contributed by atoms with Gasteiger partial charge in [0, 0.05) is 11.1 Å². The van der Waals surface area contributed by atoms with Gasteiger partial charge in [0.1, 0.15) is 0 Å². The van der Waals surface area contributed by atoms with Gasteiger partial charge in [0.15, 0.2) is 0 Å². The normalized spacial score (nSPS) is 10.1. The molecule has 0 saturated heterocycles. The van der Waals surface area contributed by atoms with Crippen LogP contribution < -0.4 is 5.32 Å². The van der Waals surface area contributed by atoms with Crippen LogP contribution in [0.4, 0.5) is 5.69 Å². The van der Waals surface area contributed by atoms with Crippen LogP contribution in [0.3, 0.4) is 0 Å². The third-order valence-electron chi connectivity index (χ3n) is 1.97. The third-order valence-corrected chi connectivity index (χ3v) is 2.66. The molecule has 1 aromatic rings. The van der Waals surface area contributed by atoms with E-state index in [9.17, 15) is 4.79 Å². The predicted molar refractivity (Wildman–Crippen MR) is 68.5 cm³/mol. The van der Waals surface area contributed by atoms with Crippen molar-refractivity contribution < 1.29 is 9.53 Å². The number of nitrogens with one attached hydrogen (secondary N) is 1. The predicted octanol–water partition coefficient (Wildman–Crippen LogP) is 3.20. The fourth-order valence-corrected chi connectivity index (χ4v) is 1.57. The summed E-state index contributed by atoms with van der Waals surface area (Å²) < 4.78 is 6.14. The lowest BCUT2D eigenvalue weighted by Crippen LogP contribution is -2.14. The summed E-state index contributed by atoms with van der Waals surface area (Å²) in [6.45, 7) is 3.23. The first-order valence-corrected chi connectivity index (χ1v) is 6.15. The maximum Gasteiger partial charge on any atom is 0.226 e. The Morgan fingerprint density at radius 3 is 2.81 bits per heavy atom. The Morgan fingerprint density at radius 1 is 1.38 bits per heavy atom. The molecule has 0 fully saturated rings. The average Bonchev–Trinajstić information content (AvgIpc) is 2.28. The van der Waals surface area contributed by atoms with Crippen molar-refractivity contribution in [3.05, 3.63) is 28.7 Å². The summed E-state index contributed by atoms with van der Waals surface area (Å²) in [5.41, 5.74) is 0.794. The maximum atomic E-state index is 11.5. The van der Waals surface area contributed by atoms with Crippen molar-refractivity contribution in [3.8, 4) is 0 Å². The lowest BCUT2D eigenvalue weighted by atomic mass is 10.3. The molecule has 88 valence electrons. The van der Waals surface area contributed by atoms with Gasteiger partial charge in [-0.05, 0) is 34.5 Å². The summed E-state index contributed by atoms with van der Waals surface area (Å²) in [6.07, 6.45) is 1.37. The van der Waals surface area contributed by atoms with Crippen LogP contribution in [-0.4, -0.2) is 19.1 Å². The van der Waals surface area contributed by atoms with Crippen molar-refractivity contribution >= 4 is 27.5 Å². The van der Waals surface area contributed by atoms with Crippen LogP contribution in [0.15, 0.2) is 28.7 Å². The highest BCUT2D eigenvalue weighted by Crippen LogP contribution is 2.21. The van der Waals surface area contributed by atoms with Crippen molar-refractivity contribution in [1.82, 2.24) is 0 Å². The Balaban J connectivity index is 2.32. The van der Waals surface area contributed by atoms with E-state index in [2.05, 4.69) is 21.2 Å². The first-order chi connectivity index (χ1) is 7.74. The molecule has 3 nitrogen and oxygen atoms in total. The zero-order valence-corrected chi connectivity index (χ0v) is 10.9. The molecule has 0 unspecified atom stereocenters. The number of ether oxygens (including phenoxy) is 1. The summed E-state index contributed by atoms with van der Waals surface area (Å²) >= 11 is 3.37. The second-order valence-electron chi connectivity index (χ2n) is 3.39. The van der Waals surface area contributed by atoms with Crippen molar-refractivity contribution in [1.29, 1.82) is 0 Å². The minimum atomic E-state index is -0.0250. The molecule has 0 aliphatic carbocycles. The zero-order valence-electron chi connectivity index (χ0n) is 9.33. The highest BCUT2D eigenvalue weighted by Gasteiger charge is 2.04. The van der Waals surface area contributed by atoms with E-state index in [1.807, 2.05) is 31.2 Å². The summed E-state index contributed by atoms with van der Waals surface area (Å²) in [5, 5.41) is 2.82. The molecule has 1 rings (SSSR count). The van der Waals surface area contributed by atoms with Gasteiger partial charge in [0.25, 0.3) is 0 Å². The number of hydrogen-bond donors (Lipinski definition) is 1. The van der Waals surface area contributed by atoms with Crippen LogP contribution in [0.25, 0.3) is 0 Å². The molecule has 1 aromatic carbocycles. The minimum absolute atomic E-state index is 0.0250. The van der Waals surface area contributed by atoms with Gasteiger partial charge in [-0.15, -0.1) is 0 Å². The van der Waals surface area contributed by atoms with Crippen LogP contribution in [0.2, 0.25) is 0 Å². The number of halogens is 1. The summed E-state index contributed by atoms with van der Waals surface area (Å²) in [4.78, 5) is 11.5. The number of benzene rings is 1. The van der Waals surface area contributed by atoms with E-state index in [-0.39, 0.29) is 5.91 Å². The highest BCUT2D eigenvalue weighted by atomic mass is 79.9. The molecular formula is C12H16BrNO2. The number of hydrogen-bond acceptors (Lipinski definition) is 2. The molecule has 0 atom stereocenters. The SMILES string of the molecule is CCCOCCC(=O)Nc1ccccc1Br. The number of amides is 1. The van der Waals surface area contributed by atoms with E-state index in [1.165, 1.54) is 0 Å². The number of rotatable bonds is 6. The number of anilines is 1. The fourth-order valence-electron chi connectivity index (χ4n) is 1.19. The molecule has 0 radical (unpaired) electrons. The van der Waals surface area contributed by atoms with Gasteiger partial charge in [-0.1, -0.05) is 19.1 Å².